The molecule has 0 heterocycles. The zero-order valence-electron chi connectivity index (χ0n) is 16.8. The predicted molar refractivity (Wildman–Crippen MR) is 117 cm³/mol. The van der Waals surface area contributed by atoms with E-state index in [0.717, 1.165) is 5.75 Å². The van der Waals surface area contributed by atoms with Crippen LogP contribution in [0.15, 0.2) is 54.6 Å². The SMILES string of the molecule is CCCCCCCCCC[SiH](C)c1ccc(OCc2ccccc2)cc1. The number of hydrogen-bond donors (Lipinski definition) is 0. The van der Waals surface area contributed by atoms with E-state index in [-0.39, 0.29) is 0 Å². The van der Waals surface area contributed by atoms with Crippen molar-refractivity contribution in [3.63, 3.8) is 0 Å². The van der Waals surface area contributed by atoms with Crippen LogP contribution in [0, 0.1) is 0 Å². The summed E-state index contributed by atoms with van der Waals surface area (Å²) < 4.78 is 5.90. The van der Waals surface area contributed by atoms with Crippen LogP contribution in [-0.2, 0) is 6.61 Å². The third-order valence-electron chi connectivity index (χ3n) is 5.19. The molecule has 0 saturated heterocycles. The lowest BCUT2D eigenvalue weighted by molar-refractivity contribution is 0.306. The molecule has 0 amide bonds. The highest BCUT2D eigenvalue weighted by atomic mass is 28.3. The van der Waals surface area contributed by atoms with Gasteiger partial charge >= 0.3 is 0 Å². The number of benzene rings is 2. The quantitative estimate of drug-likeness (QED) is 0.291. The summed E-state index contributed by atoms with van der Waals surface area (Å²) in [5.41, 5.74) is 1.22. The molecular formula is C24H36OSi. The Morgan fingerprint density at radius 3 is 2.00 bits per heavy atom. The third kappa shape index (κ3) is 8.22. The maximum Gasteiger partial charge on any atom is 0.119 e. The first-order valence-corrected chi connectivity index (χ1v) is 13.1. The van der Waals surface area contributed by atoms with Crippen molar-refractivity contribution in [1.29, 1.82) is 0 Å². The van der Waals surface area contributed by atoms with Crippen molar-refractivity contribution in [3.05, 3.63) is 60.2 Å². The molecule has 0 aromatic heterocycles. The second-order valence-corrected chi connectivity index (χ2v) is 10.6. The molecular weight excluding hydrogens is 332 g/mol. The second-order valence-electron chi connectivity index (χ2n) is 7.51. The van der Waals surface area contributed by atoms with Crippen LogP contribution in [-0.4, -0.2) is 8.80 Å². The molecule has 0 aliphatic rings. The van der Waals surface area contributed by atoms with Gasteiger partial charge in [-0.1, -0.05) is 119 Å². The molecule has 0 fully saturated rings. The van der Waals surface area contributed by atoms with Gasteiger partial charge in [0.2, 0.25) is 0 Å². The molecule has 2 aromatic carbocycles. The first-order valence-electron chi connectivity index (χ1n) is 10.6. The fourth-order valence-corrected chi connectivity index (χ4v) is 5.47. The molecule has 26 heavy (non-hydrogen) atoms. The number of hydrogen-bond acceptors (Lipinski definition) is 1. The Balaban J connectivity index is 1.62. The van der Waals surface area contributed by atoms with E-state index in [1.807, 2.05) is 6.07 Å². The third-order valence-corrected chi connectivity index (χ3v) is 7.99. The topological polar surface area (TPSA) is 9.23 Å². The van der Waals surface area contributed by atoms with Gasteiger partial charge in [0.25, 0.3) is 0 Å². The highest BCUT2D eigenvalue weighted by Crippen LogP contribution is 2.14. The standard InChI is InChI=1S/C24H36OSi/c1-3-4-5-6-7-8-9-13-20-26(2)24-18-16-23(17-19-24)25-21-22-14-11-10-12-15-22/h10-12,14-19,26H,3-9,13,20-21H2,1-2H3. The van der Waals surface area contributed by atoms with Crippen LogP contribution in [0.4, 0.5) is 0 Å². The zero-order valence-corrected chi connectivity index (χ0v) is 17.9. The van der Waals surface area contributed by atoms with Gasteiger partial charge in [-0.25, -0.2) is 0 Å². The van der Waals surface area contributed by atoms with Crippen LogP contribution in [0.25, 0.3) is 0 Å². The molecule has 142 valence electrons. The first kappa shape index (κ1) is 20.8. The number of ether oxygens (including phenoxy) is 1. The molecule has 2 aromatic rings. The van der Waals surface area contributed by atoms with Crippen molar-refractivity contribution in [2.24, 2.45) is 0 Å². The predicted octanol–water partition coefficient (Wildman–Crippen LogP) is 6.47. The summed E-state index contributed by atoms with van der Waals surface area (Å²) >= 11 is 0. The highest BCUT2D eigenvalue weighted by Gasteiger charge is 2.07. The maximum atomic E-state index is 5.90. The Bertz CT molecular complexity index is 579. The van der Waals surface area contributed by atoms with Crippen LogP contribution in [0.5, 0.6) is 5.75 Å². The Morgan fingerprint density at radius 1 is 0.731 bits per heavy atom. The molecule has 2 rings (SSSR count). The maximum absolute atomic E-state index is 5.90. The summed E-state index contributed by atoms with van der Waals surface area (Å²) in [6, 6.07) is 20.7. The average molecular weight is 369 g/mol. The van der Waals surface area contributed by atoms with Crippen LogP contribution in [0.2, 0.25) is 12.6 Å². The minimum Gasteiger partial charge on any atom is -0.489 e. The Labute approximate surface area is 162 Å². The van der Waals surface area contributed by atoms with E-state index in [4.69, 9.17) is 4.74 Å². The molecule has 0 bridgehead atoms. The summed E-state index contributed by atoms with van der Waals surface area (Å²) in [6.07, 6.45) is 11.3. The van der Waals surface area contributed by atoms with E-state index in [1.54, 1.807) is 5.19 Å². The van der Waals surface area contributed by atoms with E-state index in [2.05, 4.69) is 62.0 Å². The van der Waals surface area contributed by atoms with Gasteiger partial charge in [0.05, 0.1) is 8.80 Å². The molecule has 0 saturated carbocycles. The summed E-state index contributed by atoms with van der Waals surface area (Å²) in [7, 11) is -0.786. The molecule has 0 N–H and O–H groups in total. The van der Waals surface area contributed by atoms with E-state index >= 15 is 0 Å². The normalized spacial score (nSPS) is 12.1. The van der Waals surface area contributed by atoms with Gasteiger partial charge in [-0.3, -0.25) is 0 Å². The van der Waals surface area contributed by atoms with Gasteiger partial charge in [0.1, 0.15) is 12.4 Å². The van der Waals surface area contributed by atoms with Crippen molar-refractivity contribution in [1.82, 2.24) is 0 Å². The fraction of sp³-hybridized carbons (Fsp3) is 0.500. The smallest absolute Gasteiger partial charge is 0.119 e. The molecule has 1 nitrogen and oxygen atoms in total. The van der Waals surface area contributed by atoms with Crippen molar-refractivity contribution in [2.45, 2.75) is 77.5 Å². The summed E-state index contributed by atoms with van der Waals surface area (Å²) in [6.45, 7) is 5.42. The second kappa shape index (κ2) is 12.8. The van der Waals surface area contributed by atoms with Gasteiger partial charge in [0, 0.05) is 0 Å². The monoisotopic (exact) mass is 368 g/mol. The fourth-order valence-electron chi connectivity index (χ4n) is 3.38. The van der Waals surface area contributed by atoms with Crippen LogP contribution in [0.3, 0.4) is 0 Å². The van der Waals surface area contributed by atoms with E-state index in [9.17, 15) is 0 Å². The minimum atomic E-state index is -0.786. The molecule has 1 unspecified atom stereocenters. The van der Waals surface area contributed by atoms with E-state index in [1.165, 1.54) is 63.0 Å². The van der Waals surface area contributed by atoms with E-state index in [0.29, 0.717) is 6.61 Å². The van der Waals surface area contributed by atoms with Crippen molar-refractivity contribution < 1.29 is 4.74 Å². The molecule has 0 aliphatic heterocycles. The van der Waals surface area contributed by atoms with Crippen molar-refractivity contribution in [3.8, 4) is 5.75 Å². The molecule has 0 aliphatic carbocycles. The van der Waals surface area contributed by atoms with Gasteiger partial charge < -0.3 is 4.74 Å². The van der Waals surface area contributed by atoms with Crippen molar-refractivity contribution >= 4 is 14.0 Å². The average Bonchev–Trinajstić information content (AvgIpc) is 2.69. The largest absolute Gasteiger partial charge is 0.489 e. The summed E-state index contributed by atoms with van der Waals surface area (Å²) in [4.78, 5) is 0. The Kier molecular flexibility index (Phi) is 10.2. The molecule has 0 spiro atoms. The van der Waals surface area contributed by atoms with Crippen LogP contribution < -0.4 is 9.92 Å². The van der Waals surface area contributed by atoms with Gasteiger partial charge in [-0.05, 0) is 17.7 Å². The van der Waals surface area contributed by atoms with Crippen molar-refractivity contribution in [2.75, 3.05) is 0 Å². The van der Waals surface area contributed by atoms with Crippen LogP contribution >= 0.6 is 0 Å². The lowest BCUT2D eigenvalue weighted by Crippen LogP contribution is -2.25. The first-order chi connectivity index (χ1) is 12.8. The Hall–Kier alpha value is -1.54. The van der Waals surface area contributed by atoms with Crippen LogP contribution in [0.1, 0.15) is 63.9 Å². The van der Waals surface area contributed by atoms with E-state index < -0.39 is 8.80 Å². The molecule has 0 radical (unpaired) electrons. The molecule has 1 atom stereocenters. The van der Waals surface area contributed by atoms with Gasteiger partial charge in [0.15, 0.2) is 0 Å². The zero-order chi connectivity index (χ0) is 18.5. The van der Waals surface area contributed by atoms with Gasteiger partial charge in [-0.15, -0.1) is 0 Å². The lowest BCUT2D eigenvalue weighted by Gasteiger charge is -2.12. The van der Waals surface area contributed by atoms with Gasteiger partial charge in [-0.2, -0.15) is 0 Å². The number of rotatable bonds is 13. The Morgan fingerprint density at radius 2 is 1.35 bits per heavy atom. The summed E-state index contributed by atoms with van der Waals surface area (Å²) in [5, 5.41) is 1.57. The lowest BCUT2D eigenvalue weighted by atomic mass is 10.1. The summed E-state index contributed by atoms with van der Waals surface area (Å²) in [5.74, 6) is 0.978. The number of unbranched alkanes of at least 4 members (excludes halogenated alkanes) is 7. The minimum absolute atomic E-state index is 0.644. The highest BCUT2D eigenvalue weighted by molar-refractivity contribution is 6.71. The molecule has 2 heteroatoms.